The van der Waals surface area contributed by atoms with Gasteiger partial charge in [0, 0.05) is 4.90 Å². The smallest absolute Gasteiger partial charge is 0.218 e. The van der Waals surface area contributed by atoms with E-state index in [1.807, 2.05) is 0 Å². The summed E-state index contributed by atoms with van der Waals surface area (Å²) in [6.07, 6.45) is 0. The Morgan fingerprint density at radius 3 is 2.23 bits per heavy atom. The third-order valence-electron chi connectivity index (χ3n) is 1.41. The number of thiol groups is 1. The first-order valence-electron chi connectivity index (χ1n) is 3.26. The molecule has 0 unspecified atom stereocenters. The normalized spacial score (nSPS) is 12.0. The molecule has 0 N–H and O–H groups in total. The molecule has 0 saturated heterocycles. The lowest BCUT2D eigenvalue weighted by Crippen LogP contribution is -2.11. The Labute approximate surface area is 79.9 Å². The van der Waals surface area contributed by atoms with E-state index < -0.39 is 20.5 Å². The first-order valence-corrected chi connectivity index (χ1v) is 5.25. The largest absolute Gasteiger partial charge is 0.341 e. The van der Waals surface area contributed by atoms with E-state index in [-0.39, 0.29) is 4.90 Å². The number of alkyl halides is 2. The van der Waals surface area contributed by atoms with Crippen LogP contribution in [0.25, 0.3) is 0 Å². The van der Waals surface area contributed by atoms with Crippen LogP contribution in [-0.4, -0.2) is 14.2 Å². The Morgan fingerprint density at radius 2 is 1.77 bits per heavy atom. The fourth-order valence-corrected chi connectivity index (χ4v) is 2.16. The van der Waals surface area contributed by atoms with Crippen molar-refractivity contribution in [1.82, 2.24) is 0 Å². The van der Waals surface area contributed by atoms with Gasteiger partial charge in [0.25, 0.3) is 0 Å². The molecule has 0 aliphatic carbocycles. The molecule has 1 aromatic rings. The fourth-order valence-electron chi connectivity index (χ4n) is 0.794. The van der Waals surface area contributed by atoms with Crippen molar-refractivity contribution < 1.29 is 17.2 Å². The average Bonchev–Trinajstić information content (AvgIpc) is 2.04. The lowest BCUT2D eigenvalue weighted by Gasteiger charge is -2.04. The van der Waals surface area contributed by atoms with Crippen LogP contribution < -0.4 is 0 Å². The minimum atomic E-state index is -4.52. The monoisotopic (exact) mass is 224 g/mol. The summed E-state index contributed by atoms with van der Waals surface area (Å²) in [5, 5.41) is 0. The molecule has 0 bridgehead atoms. The Hall–Kier alpha value is -0.620. The lowest BCUT2D eigenvalue weighted by molar-refractivity contribution is 0.234. The highest BCUT2D eigenvalue weighted by Crippen LogP contribution is 2.24. The molecule has 0 aromatic heterocycles. The second kappa shape index (κ2) is 3.63. The van der Waals surface area contributed by atoms with Crippen molar-refractivity contribution in [2.45, 2.75) is 15.5 Å². The van der Waals surface area contributed by atoms with Gasteiger partial charge in [-0.2, -0.15) is 8.78 Å². The number of rotatable bonds is 2. The minimum Gasteiger partial charge on any atom is -0.218 e. The highest BCUT2D eigenvalue weighted by atomic mass is 32.2. The minimum absolute atomic E-state index is 0.0304. The molecule has 2 nitrogen and oxygen atoms in total. The van der Waals surface area contributed by atoms with Crippen molar-refractivity contribution >= 4 is 22.5 Å². The molecule has 0 radical (unpaired) electrons. The second-order valence-electron chi connectivity index (χ2n) is 2.27. The van der Waals surface area contributed by atoms with Crippen molar-refractivity contribution in [3.05, 3.63) is 24.3 Å². The van der Waals surface area contributed by atoms with Gasteiger partial charge in [0.15, 0.2) is 0 Å². The van der Waals surface area contributed by atoms with Gasteiger partial charge in [0.1, 0.15) is 0 Å². The van der Waals surface area contributed by atoms with Crippen molar-refractivity contribution in [3.8, 4) is 0 Å². The van der Waals surface area contributed by atoms with Crippen LogP contribution in [0.2, 0.25) is 0 Å². The van der Waals surface area contributed by atoms with Gasteiger partial charge in [-0.05, 0) is 12.1 Å². The van der Waals surface area contributed by atoms with Crippen LogP contribution in [0.5, 0.6) is 0 Å². The predicted molar refractivity (Wildman–Crippen MR) is 46.9 cm³/mol. The van der Waals surface area contributed by atoms with Crippen LogP contribution in [0.1, 0.15) is 0 Å². The molecular weight excluding hydrogens is 218 g/mol. The van der Waals surface area contributed by atoms with Gasteiger partial charge in [-0.1, -0.05) is 12.1 Å². The Bertz CT molecular complexity index is 401. The summed E-state index contributed by atoms with van der Waals surface area (Å²) in [6, 6.07) is 5.34. The van der Waals surface area contributed by atoms with E-state index in [1.54, 1.807) is 0 Å². The standard InChI is InChI=1S/C7H6F2O2S2/c8-7(9)13(10,11)6-4-2-1-3-5(6)12/h1-4,7,12H. The summed E-state index contributed by atoms with van der Waals surface area (Å²) in [5.74, 6) is -3.40. The van der Waals surface area contributed by atoms with Gasteiger partial charge in [0.05, 0.1) is 4.90 Å². The molecule has 1 rings (SSSR count). The van der Waals surface area contributed by atoms with Crippen LogP contribution in [0.3, 0.4) is 0 Å². The molecular formula is C7H6F2O2S2. The highest BCUT2D eigenvalue weighted by Gasteiger charge is 2.27. The summed E-state index contributed by atoms with van der Waals surface area (Å²) in [6.45, 7) is 0. The quantitative estimate of drug-likeness (QED) is 0.779. The predicted octanol–water partition coefficient (Wildman–Crippen LogP) is 1.97. The molecule has 0 saturated carbocycles. The van der Waals surface area contributed by atoms with Crippen LogP contribution in [0.4, 0.5) is 8.78 Å². The van der Waals surface area contributed by atoms with Gasteiger partial charge < -0.3 is 0 Å². The SMILES string of the molecule is O=S(=O)(c1ccccc1S)C(F)F. The maximum absolute atomic E-state index is 12.1. The number of halogens is 2. The second-order valence-corrected chi connectivity index (χ2v) is 4.64. The zero-order chi connectivity index (χ0) is 10.1. The molecule has 1 aromatic carbocycles. The van der Waals surface area contributed by atoms with Gasteiger partial charge in [-0.15, -0.1) is 12.6 Å². The van der Waals surface area contributed by atoms with Gasteiger partial charge in [-0.25, -0.2) is 8.42 Å². The fraction of sp³-hybridized carbons (Fsp3) is 0.143. The Balaban J connectivity index is 3.32. The van der Waals surface area contributed by atoms with Crippen LogP contribution in [0.15, 0.2) is 34.1 Å². The molecule has 0 heterocycles. The van der Waals surface area contributed by atoms with E-state index in [0.717, 1.165) is 6.07 Å². The van der Waals surface area contributed by atoms with Gasteiger partial charge in [0.2, 0.25) is 9.84 Å². The maximum atomic E-state index is 12.1. The third-order valence-corrected chi connectivity index (χ3v) is 3.39. The molecule has 0 atom stereocenters. The first-order chi connectivity index (χ1) is 5.96. The van der Waals surface area contributed by atoms with Gasteiger partial charge >= 0.3 is 5.76 Å². The Morgan fingerprint density at radius 1 is 1.23 bits per heavy atom. The van der Waals surface area contributed by atoms with Gasteiger partial charge in [-0.3, -0.25) is 0 Å². The van der Waals surface area contributed by atoms with Crippen molar-refractivity contribution in [1.29, 1.82) is 0 Å². The van der Waals surface area contributed by atoms with E-state index >= 15 is 0 Å². The van der Waals surface area contributed by atoms with E-state index in [0.29, 0.717) is 0 Å². The number of sulfone groups is 1. The summed E-state index contributed by atoms with van der Waals surface area (Å²) in [4.78, 5) is -0.406. The average molecular weight is 224 g/mol. The van der Waals surface area contributed by atoms with E-state index in [1.165, 1.54) is 18.2 Å². The summed E-state index contributed by atoms with van der Waals surface area (Å²) in [5.41, 5.74) is 0. The number of benzene rings is 1. The number of hydrogen-bond acceptors (Lipinski definition) is 3. The maximum Gasteiger partial charge on any atom is 0.341 e. The molecule has 0 aliphatic rings. The van der Waals surface area contributed by atoms with Crippen molar-refractivity contribution in [2.75, 3.05) is 0 Å². The summed E-state index contributed by atoms with van der Waals surface area (Å²) < 4.78 is 46.0. The molecule has 0 spiro atoms. The van der Waals surface area contributed by atoms with E-state index in [4.69, 9.17) is 0 Å². The lowest BCUT2D eigenvalue weighted by atomic mass is 10.4. The van der Waals surface area contributed by atoms with Crippen LogP contribution in [-0.2, 0) is 9.84 Å². The van der Waals surface area contributed by atoms with Crippen LogP contribution >= 0.6 is 12.6 Å². The molecule has 72 valence electrons. The molecule has 0 fully saturated rings. The molecule has 0 amide bonds. The zero-order valence-corrected chi connectivity index (χ0v) is 8.03. The molecule has 6 heteroatoms. The Kier molecular flexibility index (Phi) is 2.92. The summed E-state index contributed by atoms with van der Waals surface area (Å²) >= 11 is 3.77. The third kappa shape index (κ3) is 2.00. The van der Waals surface area contributed by atoms with Crippen molar-refractivity contribution in [3.63, 3.8) is 0 Å². The van der Waals surface area contributed by atoms with E-state index in [2.05, 4.69) is 12.6 Å². The summed E-state index contributed by atoms with van der Waals surface area (Å²) in [7, 11) is -4.52. The number of hydrogen-bond donors (Lipinski definition) is 1. The molecule has 0 aliphatic heterocycles. The zero-order valence-electron chi connectivity index (χ0n) is 6.31. The van der Waals surface area contributed by atoms with Crippen LogP contribution in [0, 0.1) is 0 Å². The topological polar surface area (TPSA) is 34.1 Å². The van der Waals surface area contributed by atoms with Crippen molar-refractivity contribution in [2.24, 2.45) is 0 Å². The highest BCUT2D eigenvalue weighted by molar-refractivity contribution is 7.92. The van der Waals surface area contributed by atoms with E-state index in [9.17, 15) is 17.2 Å². The molecule has 13 heavy (non-hydrogen) atoms. The first kappa shape index (κ1) is 10.5.